The summed E-state index contributed by atoms with van der Waals surface area (Å²) in [5.74, 6) is 0.976. The van der Waals surface area contributed by atoms with E-state index in [4.69, 9.17) is 0 Å². The number of aryl methyl sites for hydroxylation is 1. The lowest BCUT2D eigenvalue weighted by atomic mass is 9.95. The van der Waals surface area contributed by atoms with E-state index in [1.54, 1.807) is 0 Å². The number of quaternary nitrogens is 1. The van der Waals surface area contributed by atoms with Crippen LogP contribution in [0.15, 0.2) is 30.3 Å². The Balaban J connectivity index is 0.000000247. The second-order valence-corrected chi connectivity index (χ2v) is 7.29. The Kier molecular flexibility index (Phi) is 10.7. The fourth-order valence-electron chi connectivity index (χ4n) is 3.35. The number of nitrogens with zero attached hydrogens (tertiary/aromatic N) is 1. The van der Waals surface area contributed by atoms with Gasteiger partial charge in [0.1, 0.15) is 0 Å². The minimum atomic E-state index is 0.936. The Labute approximate surface area is 149 Å². The van der Waals surface area contributed by atoms with Gasteiger partial charge < -0.3 is 4.90 Å². The molecule has 0 spiro atoms. The molecule has 0 radical (unpaired) electrons. The van der Waals surface area contributed by atoms with E-state index in [9.17, 15) is 0 Å². The lowest BCUT2D eigenvalue weighted by molar-refractivity contribution is -0.932. The van der Waals surface area contributed by atoms with Crippen molar-refractivity contribution < 1.29 is 4.90 Å². The summed E-state index contributed by atoms with van der Waals surface area (Å²) >= 11 is 4.40. The Morgan fingerprint density at radius 2 is 1.48 bits per heavy atom. The maximum absolute atomic E-state index is 4.40. The summed E-state index contributed by atoms with van der Waals surface area (Å²) in [4.78, 5) is 1.88. The van der Waals surface area contributed by atoms with Crippen LogP contribution < -0.4 is 4.90 Å². The first-order valence-corrected chi connectivity index (χ1v) is 9.85. The van der Waals surface area contributed by atoms with E-state index < -0.39 is 0 Å². The van der Waals surface area contributed by atoms with Gasteiger partial charge in [-0.2, -0.15) is 0 Å². The largest absolute Gasteiger partial charge is 0.332 e. The number of hydrogen-bond acceptors (Lipinski definition) is 2. The number of hydrogen-bond donors (Lipinski definition) is 2. The van der Waals surface area contributed by atoms with Crippen LogP contribution in [0.2, 0.25) is 0 Å². The first-order chi connectivity index (χ1) is 11.1. The van der Waals surface area contributed by atoms with E-state index in [1.165, 1.54) is 57.4 Å². The Bertz CT molecular complexity index is 360. The van der Waals surface area contributed by atoms with Gasteiger partial charge in [0, 0.05) is 25.9 Å². The van der Waals surface area contributed by atoms with Crippen LogP contribution in [-0.2, 0) is 0 Å². The standard InChI is InChI=1S/C11H22N2S.C7H8.C2H6/c1-10-2-6-12(7-3-10)11-4-8-13(14)9-5-11;1-7-5-3-2-4-6-7;1-2/h10-11,14H,2-9H2,1H3;2-6H,1H3;1-2H3/p+1. The van der Waals surface area contributed by atoms with Crippen LogP contribution in [0.25, 0.3) is 0 Å². The molecule has 2 heterocycles. The molecule has 3 heteroatoms. The molecule has 0 unspecified atom stereocenters. The third-order valence-corrected chi connectivity index (χ3v) is 5.31. The molecule has 2 nitrogen and oxygen atoms in total. The fraction of sp³-hybridized carbons (Fsp3) is 0.700. The molecule has 0 bridgehead atoms. The zero-order chi connectivity index (χ0) is 17.1. The molecule has 0 aliphatic carbocycles. The number of thiol groups is 1. The van der Waals surface area contributed by atoms with Gasteiger partial charge in [-0.05, 0) is 25.7 Å². The lowest BCUT2D eigenvalue weighted by Gasteiger charge is -2.37. The molecule has 0 saturated carbocycles. The molecule has 2 fully saturated rings. The molecule has 0 atom stereocenters. The Morgan fingerprint density at radius 3 is 1.91 bits per heavy atom. The quantitative estimate of drug-likeness (QED) is 0.743. The highest BCUT2D eigenvalue weighted by Crippen LogP contribution is 2.12. The molecule has 23 heavy (non-hydrogen) atoms. The molecule has 2 saturated heterocycles. The number of benzene rings is 1. The molecule has 1 aromatic carbocycles. The van der Waals surface area contributed by atoms with Gasteiger partial charge >= 0.3 is 0 Å². The van der Waals surface area contributed by atoms with Crippen LogP contribution in [-0.4, -0.2) is 36.5 Å². The maximum atomic E-state index is 4.40. The average molecular weight is 338 g/mol. The molecular formula is C20H37N2S+. The number of rotatable bonds is 1. The highest BCUT2D eigenvalue weighted by atomic mass is 32.1. The minimum Gasteiger partial charge on any atom is -0.332 e. The van der Waals surface area contributed by atoms with Crippen LogP contribution in [0, 0.1) is 12.8 Å². The summed E-state index contributed by atoms with van der Waals surface area (Å²) in [6.07, 6.45) is 5.59. The second kappa shape index (κ2) is 11.9. The summed E-state index contributed by atoms with van der Waals surface area (Å²) in [5.41, 5.74) is 1.32. The van der Waals surface area contributed by atoms with Gasteiger partial charge in [-0.15, -0.1) is 0 Å². The summed E-state index contributed by atoms with van der Waals surface area (Å²) in [5, 5.41) is 0. The van der Waals surface area contributed by atoms with Crippen molar-refractivity contribution in [2.75, 3.05) is 26.2 Å². The van der Waals surface area contributed by atoms with Crippen molar-refractivity contribution in [2.24, 2.45) is 5.92 Å². The van der Waals surface area contributed by atoms with Gasteiger partial charge in [-0.25, -0.2) is 0 Å². The number of nitrogens with one attached hydrogen (secondary N) is 1. The van der Waals surface area contributed by atoms with Crippen LogP contribution in [0.1, 0.15) is 52.0 Å². The van der Waals surface area contributed by atoms with Crippen LogP contribution >= 0.6 is 12.8 Å². The summed E-state index contributed by atoms with van der Waals surface area (Å²) < 4.78 is 2.17. The van der Waals surface area contributed by atoms with Crippen LogP contribution in [0.4, 0.5) is 0 Å². The Hall–Kier alpha value is -0.510. The van der Waals surface area contributed by atoms with Crippen molar-refractivity contribution in [2.45, 2.75) is 59.4 Å². The SMILES string of the molecule is CC.CC1CC[NH+](C2CCN(S)CC2)CC1.Cc1ccccc1. The van der Waals surface area contributed by atoms with E-state index in [2.05, 4.69) is 43.1 Å². The monoisotopic (exact) mass is 337 g/mol. The van der Waals surface area contributed by atoms with Gasteiger partial charge in [-0.1, -0.05) is 69.5 Å². The third-order valence-electron chi connectivity index (χ3n) is 4.91. The zero-order valence-electron chi connectivity index (χ0n) is 15.6. The van der Waals surface area contributed by atoms with E-state index >= 15 is 0 Å². The second-order valence-electron chi connectivity index (χ2n) is 6.72. The van der Waals surface area contributed by atoms with Crippen LogP contribution in [0.3, 0.4) is 0 Å². The Morgan fingerprint density at radius 1 is 0.957 bits per heavy atom. The van der Waals surface area contributed by atoms with Crippen molar-refractivity contribution in [3.8, 4) is 0 Å². The number of piperidine rings is 2. The predicted octanol–water partition coefficient (Wildman–Crippen LogP) is 3.63. The van der Waals surface area contributed by atoms with Gasteiger partial charge in [0.25, 0.3) is 0 Å². The lowest BCUT2D eigenvalue weighted by Crippen LogP contribution is -3.17. The highest BCUT2D eigenvalue weighted by molar-refractivity contribution is 7.77. The molecule has 3 rings (SSSR count). The smallest absolute Gasteiger partial charge is 0.0900 e. The van der Waals surface area contributed by atoms with E-state index in [1.807, 2.05) is 36.9 Å². The van der Waals surface area contributed by atoms with Crippen molar-refractivity contribution in [1.29, 1.82) is 0 Å². The first-order valence-electron chi connectivity index (χ1n) is 9.45. The normalized spacial score (nSPS) is 25.6. The van der Waals surface area contributed by atoms with Crippen molar-refractivity contribution in [3.63, 3.8) is 0 Å². The molecular weight excluding hydrogens is 300 g/mol. The van der Waals surface area contributed by atoms with Crippen molar-refractivity contribution in [1.82, 2.24) is 4.31 Å². The third kappa shape index (κ3) is 8.23. The molecule has 132 valence electrons. The van der Waals surface area contributed by atoms with Gasteiger partial charge in [0.15, 0.2) is 0 Å². The van der Waals surface area contributed by atoms with Crippen LogP contribution in [0.5, 0.6) is 0 Å². The minimum absolute atomic E-state index is 0.936. The predicted molar refractivity (Wildman–Crippen MR) is 105 cm³/mol. The molecule has 0 aromatic heterocycles. The maximum Gasteiger partial charge on any atom is 0.0900 e. The fourth-order valence-corrected chi connectivity index (χ4v) is 3.58. The van der Waals surface area contributed by atoms with Gasteiger partial charge in [0.05, 0.1) is 19.1 Å². The summed E-state index contributed by atoms with van der Waals surface area (Å²) in [6.45, 7) is 13.7. The van der Waals surface area contributed by atoms with Gasteiger partial charge in [0.2, 0.25) is 0 Å². The highest BCUT2D eigenvalue weighted by Gasteiger charge is 2.29. The molecule has 1 N–H and O–H groups in total. The molecule has 0 amide bonds. The van der Waals surface area contributed by atoms with Crippen molar-refractivity contribution >= 4 is 12.8 Å². The average Bonchev–Trinajstić information content (AvgIpc) is 2.60. The van der Waals surface area contributed by atoms with Crippen molar-refractivity contribution in [3.05, 3.63) is 35.9 Å². The van der Waals surface area contributed by atoms with E-state index in [0.717, 1.165) is 12.0 Å². The first kappa shape index (κ1) is 20.5. The molecule has 2 aliphatic rings. The zero-order valence-corrected chi connectivity index (χ0v) is 16.5. The number of likely N-dealkylation sites (tertiary alicyclic amines) is 1. The van der Waals surface area contributed by atoms with Gasteiger partial charge in [-0.3, -0.25) is 4.31 Å². The summed E-state index contributed by atoms with van der Waals surface area (Å²) in [6, 6.07) is 11.2. The molecule has 2 aliphatic heterocycles. The summed E-state index contributed by atoms with van der Waals surface area (Å²) in [7, 11) is 0. The van der Waals surface area contributed by atoms with E-state index in [0.29, 0.717) is 0 Å². The van der Waals surface area contributed by atoms with E-state index in [-0.39, 0.29) is 0 Å². The topological polar surface area (TPSA) is 7.68 Å². The molecule has 1 aromatic rings.